The quantitative estimate of drug-likeness (QED) is 0.655. The van der Waals surface area contributed by atoms with Crippen LogP contribution in [0.3, 0.4) is 0 Å². The molecule has 1 atom stereocenters. The predicted octanol–water partition coefficient (Wildman–Crippen LogP) is 2.22. The smallest absolute Gasteiger partial charge is 0.255 e. The first-order valence-corrected chi connectivity index (χ1v) is 9.96. The SMILES string of the molecule is NC(=O)C1CCCN(Cc2ccccc2NC(=O)c2ccc(-n3cncn3)cc2)C1. The maximum atomic E-state index is 12.8. The molecule has 0 spiro atoms. The first-order chi connectivity index (χ1) is 14.6. The van der Waals surface area contributed by atoms with Gasteiger partial charge in [-0.15, -0.1) is 0 Å². The molecule has 0 aliphatic carbocycles. The number of nitrogens with one attached hydrogen (secondary N) is 1. The van der Waals surface area contributed by atoms with Crippen molar-refractivity contribution in [3.8, 4) is 5.69 Å². The highest BCUT2D eigenvalue weighted by Gasteiger charge is 2.24. The number of para-hydroxylation sites is 1. The molecule has 1 aromatic heterocycles. The highest BCUT2D eigenvalue weighted by Crippen LogP contribution is 2.23. The number of carbonyl (C=O) groups is 2. The zero-order chi connectivity index (χ0) is 20.9. The number of nitrogens with two attached hydrogens (primary N) is 1. The average molecular weight is 404 g/mol. The Bertz CT molecular complexity index is 1020. The second-order valence-electron chi connectivity index (χ2n) is 7.47. The van der Waals surface area contributed by atoms with Gasteiger partial charge in [-0.2, -0.15) is 5.10 Å². The fourth-order valence-electron chi connectivity index (χ4n) is 3.75. The number of primary amides is 1. The van der Waals surface area contributed by atoms with Crippen LogP contribution in [0.1, 0.15) is 28.8 Å². The largest absolute Gasteiger partial charge is 0.369 e. The van der Waals surface area contributed by atoms with Crippen LogP contribution in [0.2, 0.25) is 0 Å². The van der Waals surface area contributed by atoms with Crippen LogP contribution in [0.15, 0.2) is 61.2 Å². The van der Waals surface area contributed by atoms with Gasteiger partial charge in [0.1, 0.15) is 12.7 Å². The molecular weight excluding hydrogens is 380 g/mol. The zero-order valence-electron chi connectivity index (χ0n) is 16.6. The number of benzene rings is 2. The van der Waals surface area contributed by atoms with Crippen molar-refractivity contribution in [1.82, 2.24) is 19.7 Å². The maximum absolute atomic E-state index is 12.8. The van der Waals surface area contributed by atoms with Crippen molar-refractivity contribution in [2.75, 3.05) is 18.4 Å². The third kappa shape index (κ3) is 4.55. The summed E-state index contributed by atoms with van der Waals surface area (Å²) in [6.45, 7) is 2.22. The molecule has 2 heterocycles. The molecule has 4 rings (SSSR count). The predicted molar refractivity (Wildman–Crippen MR) is 113 cm³/mol. The third-order valence-electron chi connectivity index (χ3n) is 5.38. The van der Waals surface area contributed by atoms with E-state index >= 15 is 0 Å². The van der Waals surface area contributed by atoms with Gasteiger partial charge in [0.2, 0.25) is 5.91 Å². The summed E-state index contributed by atoms with van der Waals surface area (Å²) in [7, 11) is 0. The van der Waals surface area contributed by atoms with Crippen LogP contribution in [0, 0.1) is 5.92 Å². The van der Waals surface area contributed by atoms with Gasteiger partial charge in [-0.1, -0.05) is 18.2 Å². The molecule has 1 aliphatic rings. The summed E-state index contributed by atoms with van der Waals surface area (Å²) in [4.78, 5) is 30.5. The minimum Gasteiger partial charge on any atom is -0.369 e. The molecule has 0 saturated carbocycles. The van der Waals surface area contributed by atoms with Gasteiger partial charge >= 0.3 is 0 Å². The van der Waals surface area contributed by atoms with Crippen molar-refractivity contribution in [3.63, 3.8) is 0 Å². The molecule has 1 unspecified atom stereocenters. The van der Waals surface area contributed by atoms with Gasteiger partial charge in [-0.05, 0) is 55.3 Å². The van der Waals surface area contributed by atoms with Crippen LogP contribution in [0.25, 0.3) is 5.69 Å². The highest BCUT2D eigenvalue weighted by atomic mass is 16.2. The molecule has 0 bridgehead atoms. The lowest BCUT2D eigenvalue weighted by Crippen LogP contribution is -2.40. The standard InChI is InChI=1S/C22H24N6O2/c23-21(29)18-5-3-11-27(13-18)12-17-4-1-2-6-20(17)26-22(30)16-7-9-19(10-8-16)28-15-24-14-25-28/h1-2,4,6-10,14-15,18H,3,5,11-13H2,(H2,23,29)(H,26,30). The van der Waals surface area contributed by atoms with Gasteiger partial charge in [0.05, 0.1) is 11.6 Å². The lowest BCUT2D eigenvalue weighted by molar-refractivity contribution is -0.123. The van der Waals surface area contributed by atoms with E-state index in [0.29, 0.717) is 18.7 Å². The maximum Gasteiger partial charge on any atom is 0.255 e. The molecule has 3 aromatic rings. The van der Waals surface area contributed by atoms with E-state index in [1.165, 1.54) is 6.33 Å². The fourth-order valence-corrected chi connectivity index (χ4v) is 3.75. The van der Waals surface area contributed by atoms with Crippen molar-refractivity contribution in [2.24, 2.45) is 11.7 Å². The Kier molecular flexibility index (Phi) is 5.85. The van der Waals surface area contributed by atoms with Crippen molar-refractivity contribution in [1.29, 1.82) is 0 Å². The Morgan fingerprint density at radius 1 is 1.13 bits per heavy atom. The summed E-state index contributed by atoms with van der Waals surface area (Å²) >= 11 is 0. The Labute approximate surface area is 174 Å². The Balaban J connectivity index is 1.44. The van der Waals surface area contributed by atoms with Gasteiger partial charge < -0.3 is 11.1 Å². The molecule has 154 valence electrons. The average Bonchev–Trinajstić information content (AvgIpc) is 3.30. The van der Waals surface area contributed by atoms with Crippen molar-refractivity contribution < 1.29 is 9.59 Å². The number of carbonyl (C=O) groups excluding carboxylic acids is 2. The lowest BCUT2D eigenvalue weighted by atomic mass is 9.97. The van der Waals surface area contributed by atoms with Crippen LogP contribution in [0.5, 0.6) is 0 Å². The summed E-state index contributed by atoms with van der Waals surface area (Å²) in [6.07, 6.45) is 4.86. The van der Waals surface area contributed by atoms with Crippen LogP contribution >= 0.6 is 0 Å². The second kappa shape index (κ2) is 8.87. The van der Waals surface area contributed by atoms with Gasteiger partial charge in [0, 0.05) is 24.3 Å². The second-order valence-corrected chi connectivity index (χ2v) is 7.47. The number of likely N-dealkylation sites (tertiary alicyclic amines) is 1. The number of hydrogen-bond acceptors (Lipinski definition) is 5. The molecular formula is C22H24N6O2. The van der Waals surface area contributed by atoms with E-state index in [4.69, 9.17) is 5.73 Å². The number of aromatic nitrogens is 3. The molecule has 8 nitrogen and oxygen atoms in total. The first kappa shape index (κ1) is 19.8. The molecule has 2 aromatic carbocycles. The molecule has 3 N–H and O–H groups in total. The molecule has 1 fully saturated rings. The van der Waals surface area contributed by atoms with Crippen molar-refractivity contribution in [3.05, 3.63) is 72.3 Å². The number of anilines is 1. The van der Waals surface area contributed by atoms with E-state index in [-0.39, 0.29) is 17.7 Å². The molecule has 30 heavy (non-hydrogen) atoms. The van der Waals surface area contributed by atoms with E-state index in [9.17, 15) is 9.59 Å². The van der Waals surface area contributed by atoms with Crippen molar-refractivity contribution >= 4 is 17.5 Å². The van der Waals surface area contributed by atoms with Crippen LogP contribution in [0.4, 0.5) is 5.69 Å². The normalized spacial score (nSPS) is 16.9. The van der Waals surface area contributed by atoms with E-state index in [1.807, 2.05) is 36.4 Å². The van der Waals surface area contributed by atoms with E-state index in [2.05, 4.69) is 20.3 Å². The zero-order valence-corrected chi connectivity index (χ0v) is 16.6. The van der Waals surface area contributed by atoms with Gasteiger partial charge in [0.25, 0.3) is 5.91 Å². The lowest BCUT2D eigenvalue weighted by Gasteiger charge is -2.31. The molecule has 1 aliphatic heterocycles. The summed E-state index contributed by atoms with van der Waals surface area (Å²) < 4.78 is 1.63. The summed E-state index contributed by atoms with van der Waals surface area (Å²) in [5.74, 6) is -0.527. The van der Waals surface area contributed by atoms with Crippen LogP contribution in [-0.4, -0.2) is 44.6 Å². The topological polar surface area (TPSA) is 106 Å². The number of nitrogens with zero attached hydrogens (tertiary/aromatic N) is 4. The Morgan fingerprint density at radius 3 is 2.67 bits per heavy atom. The molecule has 2 amide bonds. The van der Waals surface area contributed by atoms with Crippen LogP contribution in [-0.2, 0) is 11.3 Å². The van der Waals surface area contributed by atoms with Gasteiger partial charge in [0.15, 0.2) is 0 Å². The minimum absolute atomic E-state index is 0.107. The third-order valence-corrected chi connectivity index (χ3v) is 5.38. The Hall–Kier alpha value is -3.52. The Morgan fingerprint density at radius 2 is 1.93 bits per heavy atom. The minimum atomic E-state index is -0.240. The van der Waals surface area contributed by atoms with Crippen molar-refractivity contribution in [2.45, 2.75) is 19.4 Å². The molecule has 8 heteroatoms. The number of hydrogen-bond donors (Lipinski definition) is 2. The van der Waals surface area contributed by atoms with Gasteiger partial charge in [-0.25, -0.2) is 9.67 Å². The fraction of sp³-hybridized carbons (Fsp3) is 0.273. The number of rotatable bonds is 6. The van der Waals surface area contributed by atoms with E-state index in [0.717, 1.165) is 36.3 Å². The monoisotopic (exact) mass is 404 g/mol. The molecule has 1 saturated heterocycles. The first-order valence-electron chi connectivity index (χ1n) is 9.96. The summed E-state index contributed by atoms with van der Waals surface area (Å²) in [5.41, 5.74) is 8.66. The van der Waals surface area contributed by atoms with Gasteiger partial charge in [-0.3, -0.25) is 14.5 Å². The van der Waals surface area contributed by atoms with E-state index < -0.39 is 0 Å². The summed E-state index contributed by atoms with van der Waals surface area (Å²) in [5, 5.41) is 7.10. The molecule has 0 radical (unpaired) electrons. The summed E-state index contributed by atoms with van der Waals surface area (Å²) in [6, 6.07) is 14.9. The number of piperidine rings is 1. The highest BCUT2D eigenvalue weighted by molar-refractivity contribution is 6.04. The van der Waals surface area contributed by atoms with Crippen LogP contribution < -0.4 is 11.1 Å². The number of amides is 2. The van der Waals surface area contributed by atoms with E-state index in [1.54, 1.807) is 23.1 Å².